The molecule has 22 heavy (non-hydrogen) atoms. The predicted molar refractivity (Wildman–Crippen MR) is 81.8 cm³/mol. The molecular formula is C15H14ClN3O3. The van der Waals surface area contributed by atoms with Crippen LogP contribution in [0.15, 0.2) is 40.1 Å². The summed E-state index contributed by atoms with van der Waals surface area (Å²) >= 11 is 5.78. The predicted octanol–water partition coefficient (Wildman–Crippen LogP) is 1.29. The second-order valence-electron chi connectivity index (χ2n) is 4.71. The van der Waals surface area contributed by atoms with E-state index < -0.39 is 17.4 Å². The van der Waals surface area contributed by atoms with Crippen molar-refractivity contribution in [3.63, 3.8) is 0 Å². The number of aryl methyl sites for hydroxylation is 1. The molecule has 0 radical (unpaired) electrons. The van der Waals surface area contributed by atoms with Crippen LogP contribution < -0.4 is 11.2 Å². The quantitative estimate of drug-likeness (QED) is 0.919. The number of hydrogen-bond acceptors (Lipinski definition) is 4. The Morgan fingerprint density at radius 1 is 1.32 bits per heavy atom. The monoisotopic (exact) mass is 319 g/mol. The van der Waals surface area contributed by atoms with Crippen molar-refractivity contribution in [2.24, 2.45) is 0 Å². The molecule has 1 aromatic carbocycles. The maximum absolute atomic E-state index is 12.2. The minimum absolute atomic E-state index is 0.134. The van der Waals surface area contributed by atoms with Crippen molar-refractivity contribution < 1.29 is 5.11 Å². The number of nitriles is 1. The van der Waals surface area contributed by atoms with E-state index in [2.05, 4.69) is 0 Å². The lowest BCUT2D eigenvalue weighted by Crippen LogP contribution is -2.41. The molecule has 1 aromatic heterocycles. The summed E-state index contributed by atoms with van der Waals surface area (Å²) in [5.74, 6) is 0. The van der Waals surface area contributed by atoms with Gasteiger partial charge in [0.15, 0.2) is 0 Å². The van der Waals surface area contributed by atoms with Gasteiger partial charge in [0.25, 0.3) is 5.56 Å². The van der Waals surface area contributed by atoms with Gasteiger partial charge < -0.3 is 5.11 Å². The standard InChI is InChI=1S/C15H14ClN3O3/c1-2-18-8-11(7-17)14(21)19(15(18)22)9-13(20)10-3-5-12(16)6-4-10/h3-6,8,13,20H,2,9H2,1H3. The zero-order valence-electron chi connectivity index (χ0n) is 11.9. The summed E-state index contributed by atoms with van der Waals surface area (Å²) in [6, 6.07) is 8.22. The summed E-state index contributed by atoms with van der Waals surface area (Å²) in [4.78, 5) is 24.3. The van der Waals surface area contributed by atoms with Gasteiger partial charge in [-0.2, -0.15) is 5.26 Å². The van der Waals surface area contributed by atoms with Gasteiger partial charge in [-0.25, -0.2) is 4.79 Å². The Morgan fingerprint density at radius 3 is 2.50 bits per heavy atom. The molecule has 0 spiro atoms. The first-order valence-corrected chi connectivity index (χ1v) is 7.03. The minimum Gasteiger partial charge on any atom is -0.387 e. The molecule has 2 rings (SSSR count). The minimum atomic E-state index is -1.05. The van der Waals surface area contributed by atoms with E-state index in [0.29, 0.717) is 17.1 Å². The van der Waals surface area contributed by atoms with E-state index in [9.17, 15) is 14.7 Å². The SMILES string of the molecule is CCn1cc(C#N)c(=O)n(CC(O)c2ccc(Cl)cc2)c1=O. The number of hydrogen-bond donors (Lipinski definition) is 1. The van der Waals surface area contributed by atoms with Crippen LogP contribution in [0.2, 0.25) is 5.02 Å². The third-order valence-electron chi connectivity index (χ3n) is 3.31. The van der Waals surface area contributed by atoms with E-state index in [1.54, 1.807) is 37.3 Å². The van der Waals surface area contributed by atoms with Crippen LogP contribution in [0.5, 0.6) is 0 Å². The fourth-order valence-corrected chi connectivity index (χ4v) is 2.21. The Kier molecular flexibility index (Phi) is 4.81. The molecule has 0 amide bonds. The fraction of sp³-hybridized carbons (Fsp3) is 0.267. The largest absolute Gasteiger partial charge is 0.387 e. The summed E-state index contributed by atoms with van der Waals surface area (Å²) in [5.41, 5.74) is -0.865. The van der Waals surface area contributed by atoms with Gasteiger partial charge >= 0.3 is 5.69 Å². The van der Waals surface area contributed by atoms with Crippen molar-refractivity contribution in [1.82, 2.24) is 9.13 Å². The summed E-state index contributed by atoms with van der Waals surface area (Å²) < 4.78 is 2.13. The van der Waals surface area contributed by atoms with Crippen molar-refractivity contribution in [3.8, 4) is 6.07 Å². The highest BCUT2D eigenvalue weighted by molar-refractivity contribution is 6.30. The van der Waals surface area contributed by atoms with Crippen LogP contribution in [0, 0.1) is 11.3 Å². The lowest BCUT2D eigenvalue weighted by atomic mass is 10.1. The average Bonchev–Trinajstić information content (AvgIpc) is 2.52. The summed E-state index contributed by atoms with van der Waals surface area (Å²) in [6.07, 6.45) is 0.178. The van der Waals surface area contributed by atoms with Crippen LogP contribution in [0.1, 0.15) is 24.2 Å². The van der Waals surface area contributed by atoms with E-state index >= 15 is 0 Å². The third kappa shape index (κ3) is 3.11. The lowest BCUT2D eigenvalue weighted by molar-refractivity contribution is 0.152. The molecule has 0 aliphatic rings. The van der Waals surface area contributed by atoms with Gasteiger partial charge in [-0.3, -0.25) is 13.9 Å². The average molecular weight is 320 g/mol. The first kappa shape index (κ1) is 16.0. The molecule has 0 saturated carbocycles. The number of halogens is 1. The molecule has 114 valence electrons. The molecule has 7 heteroatoms. The number of aliphatic hydroxyl groups is 1. The van der Waals surface area contributed by atoms with Crippen LogP contribution >= 0.6 is 11.6 Å². The molecule has 0 bridgehead atoms. The van der Waals surface area contributed by atoms with Crippen LogP contribution in [-0.4, -0.2) is 14.2 Å². The Hall–Kier alpha value is -2.36. The molecule has 0 aliphatic heterocycles. The smallest absolute Gasteiger partial charge is 0.331 e. The van der Waals surface area contributed by atoms with Crippen LogP contribution in [0.4, 0.5) is 0 Å². The second-order valence-corrected chi connectivity index (χ2v) is 5.14. The molecule has 0 fully saturated rings. The number of rotatable bonds is 4. The summed E-state index contributed by atoms with van der Waals surface area (Å²) in [5, 5.41) is 19.7. The highest BCUT2D eigenvalue weighted by Crippen LogP contribution is 2.17. The fourth-order valence-electron chi connectivity index (χ4n) is 2.08. The van der Waals surface area contributed by atoms with Crippen molar-refractivity contribution in [2.45, 2.75) is 26.1 Å². The first-order valence-electron chi connectivity index (χ1n) is 6.65. The molecule has 6 nitrogen and oxygen atoms in total. The maximum atomic E-state index is 12.2. The third-order valence-corrected chi connectivity index (χ3v) is 3.56. The van der Waals surface area contributed by atoms with E-state index in [4.69, 9.17) is 16.9 Å². The Balaban J connectivity index is 2.45. The zero-order chi connectivity index (χ0) is 16.3. The Morgan fingerprint density at radius 2 is 1.95 bits per heavy atom. The van der Waals surface area contributed by atoms with Crippen molar-refractivity contribution in [3.05, 3.63) is 67.4 Å². The van der Waals surface area contributed by atoms with E-state index in [-0.39, 0.29) is 12.1 Å². The van der Waals surface area contributed by atoms with Crippen LogP contribution in [0.3, 0.4) is 0 Å². The second kappa shape index (κ2) is 6.60. The van der Waals surface area contributed by atoms with E-state index in [1.807, 2.05) is 0 Å². The topological polar surface area (TPSA) is 88.0 Å². The van der Waals surface area contributed by atoms with Crippen molar-refractivity contribution >= 4 is 11.6 Å². The van der Waals surface area contributed by atoms with Gasteiger partial charge in [-0.1, -0.05) is 23.7 Å². The normalized spacial score (nSPS) is 11.9. The van der Waals surface area contributed by atoms with Gasteiger partial charge in [0.1, 0.15) is 11.6 Å². The Labute approximate surface area is 131 Å². The van der Waals surface area contributed by atoms with E-state index in [1.165, 1.54) is 10.8 Å². The van der Waals surface area contributed by atoms with Gasteiger partial charge in [-0.15, -0.1) is 0 Å². The lowest BCUT2D eigenvalue weighted by Gasteiger charge is -2.14. The van der Waals surface area contributed by atoms with E-state index in [0.717, 1.165) is 4.57 Å². The molecule has 1 atom stereocenters. The number of nitrogens with zero attached hydrogens (tertiary/aromatic N) is 3. The van der Waals surface area contributed by atoms with Crippen molar-refractivity contribution in [2.75, 3.05) is 0 Å². The number of aliphatic hydroxyl groups excluding tert-OH is 1. The molecule has 1 N–H and O–H groups in total. The van der Waals surface area contributed by atoms with Gasteiger partial charge in [0.05, 0.1) is 12.6 Å². The Bertz CT molecular complexity index is 831. The first-order chi connectivity index (χ1) is 10.5. The van der Waals surface area contributed by atoms with Gasteiger partial charge in [0, 0.05) is 17.8 Å². The highest BCUT2D eigenvalue weighted by atomic mass is 35.5. The zero-order valence-corrected chi connectivity index (χ0v) is 12.6. The molecule has 1 heterocycles. The molecule has 0 saturated heterocycles. The van der Waals surface area contributed by atoms with Crippen LogP contribution in [0.25, 0.3) is 0 Å². The summed E-state index contributed by atoms with van der Waals surface area (Å²) in [7, 11) is 0. The molecular weight excluding hydrogens is 306 g/mol. The number of aromatic nitrogens is 2. The van der Waals surface area contributed by atoms with Crippen molar-refractivity contribution in [1.29, 1.82) is 5.26 Å². The highest BCUT2D eigenvalue weighted by Gasteiger charge is 2.15. The van der Waals surface area contributed by atoms with Gasteiger partial charge in [0.2, 0.25) is 0 Å². The van der Waals surface area contributed by atoms with Crippen LogP contribution in [-0.2, 0) is 13.1 Å². The molecule has 2 aromatic rings. The molecule has 1 unspecified atom stereocenters. The maximum Gasteiger partial charge on any atom is 0.331 e. The molecule has 0 aliphatic carbocycles. The summed E-state index contributed by atoms with van der Waals surface area (Å²) in [6.45, 7) is 1.83. The number of benzene rings is 1. The van der Waals surface area contributed by atoms with Gasteiger partial charge in [-0.05, 0) is 24.6 Å².